The van der Waals surface area contributed by atoms with Gasteiger partial charge in [-0.1, -0.05) is 6.92 Å². The highest BCUT2D eigenvalue weighted by molar-refractivity contribution is 5.78. The summed E-state index contributed by atoms with van der Waals surface area (Å²) in [5, 5.41) is 9.39. The van der Waals surface area contributed by atoms with E-state index in [4.69, 9.17) is 4.74 Å². The summed E-state index contributed by atoms with van der Waals surface area (Å²) in [7, 11) is 5.51. The maximum Gasteiger partial charge on any atom is 0.326 e. The Balaban J connectivity index is 4.76. The third-order valence-corrected chi connectivity index (χ3v) is 2.89. The van der Waals surface area contributed by atoms with Crippen LogP contribution in [0.15, 0.2) is 0 Å². The average Bonchev–Trinajstić information content (AvgIpc) is 2.23. The van der Waals surface area contributed by atoms with Gasteiger partial charge in [-0.05, 0) is 34.0 Å². The Morgan fingerprint density at radius 3 is 2.24 bits per heavy atom. The first-order chi connectivity index (χ1) is 7.88. The van der Waals surface area contributed by atoms with Gasteiger partial charge in [-0.3, -0.25) is 9.69 Å². The summed E-state index contributed by atoms with van der Waals surface area (Å²) in [6, 6.07) is 0. The number of likely N-dealkylation sites (N-methyl/N-ethyl adjacent to an activating group) is 1. The van der Waals surface area contributed by atoms with Gasteiger partial charge in [-0.15, -0.1) is 0 Å². The molecule has 0 rings (SSSR count). The molecule has 0 fully saturated rings. The van der Waals surface area contributed by atoms with Gasteiger partial charge in [0.25, 0.3) is 0 Å². The molecule has 0 spiro atoms. The van der Waals surface area contributed by atoms with E-state index < -0.39 is 11.5 Å². The lowest BCUT2D eigenvalue weighted by Gasteiger charge is -2.37. The SMILES string of the molecule is CCCN(CCN(C)C)C(C)(COC)C(=O)O. The molecular formula is C12H26N2O3. The van der Waals surface area contributed by atoms with Crippen molar-refractivity contribution in [3.8, 4) is 0 Å². The maximum absolute atomic E-state index is 11.4. The second-order valence-corrected chi connectivity index (χ2v) is 4.80. The van der Waals surface area contributed by atoms with Crippen LogP contribution in [0.25, 0.3) is 0 Å². The van der Waals surface area contributed by atoms with Crippen molar-refractivity contribution in [2.45, 2.75) is 25.8 Å². The zero-order chi connectivity index (χ0) is 13.5. The number of aliphatic carboxylic acids is 1. The summed E-state index contributed by atoms with van der Waals surface area (Å²) in [4.78, 5) is 15.5. The second kappa shape index (κ2) is 7.63. The van der Waals surface area contributed by atoms with Crippen LogP contribution in [0.4, 0.5) is 0 Å². The normalized spacial score (nSPS) is 15.2. The average molecular weight is 246 g/mol. The molecule has 102 valence electrons. The lowest BCUT2D eigenvalue weighted by Crippen LogP contribution is -2.57. The van der Waals surface area contributed by atoms with Crippen molar-refractivity contribution < 1.29 is 14.6 Å². The number of hydrogen-bond acceptors (Lipinski definition) is 4. The minimum Gasteiger partial charge on any atom is -0.480 e. The predicted molar refractivity (Wildman–Crippen MR) is 68.3 cm³/mol. The highest BCUT2D eigenvalue weighted by Gasteiger charge is 2.39. The van der Waals surface area contributed by atoms with Gasteiger partial charge in [-0.25, -0.2) is 0 Å². The predicted octanol–water partition coefficient (Wildman–Crippen LogP) is 0.750. The van der Waals surface area contributed by atoms with Crippen LogP contribution in [0.3, 0.4) is 0 Å². The molecule has 0 aromatic rings. The van der Waals surface area contributed by atoms with Crippen molar-refractivity contribution in [2.24, 2.45) is 0 Å². The van der Waals surface area contributed by atoms with E-state index >= 15 is 0 Å². The van der Waals surface area contributed by atoms with E-state index in [0.29, 0.717) is 0 Å². The fraction of sp³-hybridized carbons (Fsp3) is 0.917. The van der Waals surface area contributed by atoms with Crippen molar-refractivity contribution in [3.05, 3.63) is 0 Å². The molecule has 0 aromatic heterocycles. The molecule has 0 saturated carbocycles. The molecule has 0 saturated heterocycles. The topological polar surface area (TPSA) is 53.0 Å². The highest BCUT2D eigenvalue weighted by atomic mass is 16.5. The molecule has 0 bridgehead atoms. The fourth-order valence-electron chi connectivity index (χ4n) is 1.77. The third kappa shape index (κ3) is 5.02. The Bertz CT molecular complexity index is 234. The highest BCUT2D eigenvalue weighted by Crippen LogP contribution is 2.16. The first-order valence-corrected chi connectivity index (χ1v) is 6.00. The van der Waals surface area contributed by atoms with E-state index in [1.807, 2.05) is 19.0 Å². The molecular weight excluding hydrogens is 220 g/mol. The minimum absolute atomic E-state index is 0.204. The van der Waals surface area contributed by atoms with E-state index in [1.54, 1.807) is 6.92 Å². The first kappa shape index (κ1) is 16.4. The molecule has 0 aromatic carbocycles. The van der Waals surface area contributed by atoms with Crippen LogP contribution in [0.2, 0.25) is 0 Å². The molecule has 0 amide bonds. The largest absolute Gasteiger partial charge is 0.480 e. The van der Waals surface area contributed by atoms with Gasteiger partial charge in [0.1, 0.15) is 5.54 Å². The molecule has 0 aliphatic heterocycles. The van der Waals surface area contributed by atoms with Gasteiger partial charge in [-0.2, -0.15) is 0 Å². The van der Waals surface area contributed by atoms with Crippen LogP contribution >= 0.6 is 0 Å². The Labute approximate surface area is 104 Å². The number of nitrogens with zero attached hydrogens (tertiary/aromatic N) is 2. The van der Waals surface area contributed by atoms with Gasteiger partial charge in [0, 0.05) is 20.2 Å². The van der Waals surface area contributed by atoms with Gasteiger partial charge in [0.2, 0.25) is 0 Å². The molecule has 1 N–H and O–H groups in total. The van der Waals surface area contributed by atoms with E-state index in [9.17, 15) is 9.90 Å². The number of hydrogen-bond donors (Lipinski definition) is 1. The Hall–Kier alpha value is -0.650. The lowest BCUT2D eigenvalue weighted by atomic mass is 10.0. The van der Waals surface area contributed by atoms with Crippen LogP contribution in [0.5, 0.6) is 0 Å². The van der Waals surface area contributed by atoms with Crippen molar-refractivity contribution >= 4 is 5.97 Å². The monoisotopic (exact) mass is 246 g/mol. The standard InChI is InChI=1S/C12H26N2O3/c1-6-7-14(9-8-13(3)4)12(2,10-17-5)11(15)16/h6-10H2,1-5H3,(H,15,16). The number of carboxylic acids is 1. The van der Waals surface area contributed by atoms with Crippen LogP contribution in [0.1, 0.15) is 20.3 Å². The molecule has 1 unspecified atom stereocenters. The lowest BCUT2D eigenvalue weighted by molar-refractivity contribution is -0.154. The molecule has 5 heteroatoms. The molecule has 0 aliphatic rings. The smallest absolute Gasteiger partial charge is 0.326 e. The Morgan fingerprint density at radius 2 is 1.88 bits per heavy atom. The molecule has 5 nitrogen and oxygen atoms in total. The fourth-order valence-corrected chi connectivity index (χ4v) is 1.77. The maximum atomic E-state index is 11.4. The number of carboxylic acid groups (broad SMARTS) is 1. The van der Waals surface area contributed by atoms with E-state index in [0.717, 1.165) is 26.1 Å². The van der Waals surface area contributed by atoms with Gasteiger partial charge in [0.05, 0.1) is 6.61 Å². The number of ether oxygens (including phenoxy) is 1. The third-order valence-electron chi connectivity index (χ3n) is 2.89. The number of rotatable bonds is 9. The zero-order valence-corrected chi connectivity index (χ0v) is 11.7. The van der Waals surface area contributed by atoms with Gasteiger partial charge < -0.3 is 14.7 Å². The summed E-state index contributed by atoms with van der Waals surface area (Å²) < 4.78 is 5.07. The number of carbonyl (C=O) groups is 1. The zero-order valence-electron chi connectivity index (χ0n) is 11.7. The number of methoxy groups -OCH3 is 1. The van der Waals surface area contributed by atoms with Crippen LogP contribution in [-0.2, 0) is 9.53 Å². The molecule has 0 heterocycles. The van der Waals surface area contributed by atoms with Crippen molar-refractivity contribution in [1.29, 1.82) is 0 Å². The molecule has 0 aliphatic carbocycles. The van der Waals surface area contributed by atoms with Gasteiger partial charge >= 0.3 is 5.97 Å². The van der Waals surface area contributed by atoms with Crippen molar-refractivity contribution in [2.75, 3.05) is 47.4 Å². The van der Waals surface area contributed by atoms with Crippen LogP contribution in [-0.4, -0.2) is 73.9 Å². The van der Waals surface area contributed by atoms with Gasteiger partial charge in [0.15, 0.2) is 0 Å². The molecule has 1 atom stereocenters. The van der Waals surface area contributed by atoms with E-state index in [2.05, 4.69) is 11.8 Å². The molecule has 0 radical (unpaired) electrons. The van der Waals surface area contributed by atoms with Crippen molar-refractivity contribution in [3.63, 3.8) is 0 Å². The van der Waals surface area contributed by atoms with E-state index in [1.165, 1.54) is 7.11 Å². The van der Waals surface area contributed by atoms with Crippen molar-refractivity contribution in [1.82, 2.24) is 9.80 Å². The quantitative estimate of drug-likeness (QED) is 0.650. The summed E-state index contributed by atoms with van der Waals surface area (Å²) in [6.07, 6.45) is 0.931. The summed E-state index contributed by atoms with van der Waals surface area (Å²) in [5.41, 5.74) is -0.944. The summed E-state index contributed by atoms with van der Waals surface area (Å²) in [6.45, 7) is 6.32. The minimum atomic E-state index is -0.944. The Kier molecular flexibility index (Phi) is 7.34. The van der Waals surface area contributed by atoms with Crippen LogP contribution in [0, 0.1) is 0 Å². The Morgan fingerprint density at radius 1 is 1.29 bits per heavy atom. The van der Waals surface area contributed by atoms with Crippen LogP contribution < -0.4 is 0 Å². The first-order valence-electron chi connectivity index (χ1n) is 6.00. The summed E-state index contributed by atoms with van der Waals surface area (Å²) >= 11 is 0. The van der Waals surface area contributed by atoms with E-state index in [-0.39, 0.29) is 6.61 Å². The molecule has 17 heavy (non-hydrogen) atoms. The summed E-state index contributed by atoms with van der Waals surface area (Å²) in [5.74, 6) is -0.827. The second-order valence-electron chi connectivity index (χ2n) is 4.80.